The summed E-state index contributed by atoms with van der Waals surface area (Å²) in [6.07, 6.45) is 0.743. The fourth-order valence-electron chi connectivity index (χ4n) is 5.19. The van der Waals surface area contributed by atoms with Gasteiger partial charge in [0.05, 0.1) is 30.5 Å². The van der Waals surface area contributed by atoms with Gasteiger partial charge in [-0.1, -0.05) is 38.5 Å². The Kier molecular flexibility index (Phi) is 8.26. The van der Waals surface area contributed by atoms with Gasteiger partial charge >= 0.3 is 6.18 Å². The number of benzene rings is 3. The highest BCUT2D eigenvalue weighted by atomic mass is 19.4. The molecule has 3 aromatic rings. The monoisotopic (exact) mass is 526 g/mol. The minimum Gasteiger partial charge on any atom is -0.497 e. The Hall–Kier alpha value is -3.19. The van der Waals surface area contributed by atoms with Crippen LogP contribution in [0.1, 0.15) is 58.1 Å². The maximum absolute atomic E-state index is 13.7. The number of rotatable bonds is 6. The Morgan fingerprint density at radius 3 is 2.21 bits per heavy atom. The van der Waals surface area contributed by atoms with Crippen molar-refractivity contribution >= 4 is 22.0 Å². The normalized spacial score (nSPS) is 18.2. The number of hydrogen-bond donors (Lipinski definition) is 0. The van der Waals surface area contributed by atoms with E-state index in [9.17, 15) is 13.2 Å². The van der Waals surface area contributed by atoms with E-state index in [2.05, 4.69) is 23.2 Å². The van der Waals surface area contributed by atoms with Gasteiger partial charge in [-0.15, -0.1) is 0 Å². The van der Waals surface area contributed by atoms with Gasteiger partial charge in [-0.3, -0.25) is 5.01 Å². The van der Waals surface area contributed by atoms with Crippen LogP contribution in [0.4, 0.5) is 18.9 Å². The lowest BCUT2D eigenvalue weighted by molar-refractivity contribution is -0.137. The molecule has 2 aliphatic rings. The molecular weight excluding hydrogens is 489 g/mol. The molecule has 3 aromatic carbocycles. The Bertz CT molecular complexity index is 1300. The second-order valence-corrected chi connectivity index (χ2v) is 9.91. The van der Waals surface area contributed by atoms with Crippen LogP contribution in [-0.2, 0) is 6.18 Å². The molecule has 1 fully saturated rings. The summed E-state index contributed by atoms with van der Waals surface area (Å²) in [5, 5.41) is 6.07. The van der Waals surface area contributed by atoms with Gasteiger partial charge < -0.3 is 9.47 Å². The molecule has 0 amide bonds. The molecule has 0 spiro atoms. The van der Waals surface area contributed by atoms with Crippen molar-refractivity contribution in [3.63, 3.8) is 0 Å². The summed E-state index contributed by atoms with van der Waals surface area (Å²) < 4.78 is 52.3. The van der Waals surface area contributed by atoms with Crippen molar-refractivity contribution in [2.24, 2.45) is 5.92 Å². The van der Waals surface area contributed by atoms with Gasteiger partial charge in [0.25, 0.3) is 0 Å². The van der Waals surface area contributed by atoms with Gasteiger partial charge in [0.2, 0.25) is 0 Å². The van der Waals surface area contributed by atoms with E-state index in [1.807, 2.05) is 64.2 Å². The highest BCUT2D eigenvalue weighted by Gasteiger charge is 2.41. The Labute approximate surface area is 223 Å². The Morgan fingerprint density at radius 1 is 0.921 bits per heavy atom. The number of alkyl halides is 3. The standard InChI is InChI=1S/C29H31F3N2O2.C2H6/c1-18(2)36-27-13-11-23(29(30,31)32)16-26(27)34-17-25(28(33(34)3)19-6-5-7-19)22-9-8-21-15-24(35-4)12-10-20(21)14-22;1-2/h8-19,28H,5-7H2,1-4H3;1-2H3. The van der Waals surface area contributed by atoms with Gasteiger partial charge in [-0.25, -0.2) is 5.01 Å². The first-order valence-electron chi connectivity index (χ1n) is 13.4. The molecule has 1 atom stereocenters. The molecule has 0 N–H and O–H groups in total. The number of anilines is 1. The minimum absolute atomic E-state index is 0.0656. The van der Waals surface area contributed by atoms with Crippen molar-refractivity contribution in [3.05, 3.63) is 71.9 Å². The van der Waals surface area contributed by atoms with Crippen molar-refractivity contribution in [1.29, 1.82) is 0 Å². The number of ether oxygens (including phenoxy) is 2. The number of hydrogen-bond acceptors (Lipinski definition) is 4. The molecule has 4 nitrogen and oxygen atoms in total. The summed E-state index contributed by atoms with van der Waals surface area (Å²) in [4.78, 5) is 0. The average Bonchev–Trinajstić information content (AvgIpc) is 3.19. The molecule has 5 rings (SSSR count). The maximum atomic E-state index is 13.7. The fourth-order valence-corrected chi connectivity index (χ4v) is 5.19. The van der Waals surface area contributed by atoms with Crippen LogP contribution in [-0.4, -0.2) is 31.3 Å². The third-order valence-corrected chi connectivity index (χ3v) is 7.20. The van der Waals surface area contributed by atoms with Crippen LogP contribution in [0, 0.1) is 5.92 Å². The zero-order chi connectivity index (χ0) is 27.6. The fraction of sp³-hybridized carbons (Fsp3) is 0.419. The molecule has 7 heteroatoms. The quantitative estimate of drug-likeness (QED) is 0.321. The number of nitrogens with zero attached hydrogens (tertiary/aromatic N) is 2. The van der Waals surface area contributed by atoms with Gasteiger partial charge in [-0.2, -0.15) is 13.2 Å². The molecule has 1 heterocycles. The molecule has 204 valence electrons. The lowest BCUT2D eigenvalue weighted by Crippen LogP contribution is -2.44. The van der Waals surface area contributed by atoms with E-state index in [-0.39, 0.29) is 12.1 Å². The van der Waals surface area contributed by atoms with Gasteiger partial charge in [0.15, 0.2) is 0 Å². The first-order valence-corrected chi connectivity index (χ1v) is 13.4. The van der Waals surface area contributed by atoms with Crippen LogP contribution in [0.25, 0.3) is 16.3 Å². The number of methoxy groups -OCH3 is 1. The lowest BCUT2D eigenvalue weighted by atomic mass is 9.76. The largest absolute Gasteiger partial charge is 0.497 e. The summed E-state index contributed by atoms with van der Waals surface area (Å²) in [6.45, 7) is 7.75. The summed E-state index contributed by atoms with van der Waals surface area (Å²) >= 11 is 0. The molecule has 1 aliphatic carbocycles. The predicted molar refractivity (Wildman–Crippen MR) is 148 cm³/mol. The van der Waals surface area contributed by atoms with Crippen LogP contribution in [0.2, 0.25) is 0 Å². The molecule has 1 unspecified atom stereocenters. The van der Waals surface area contributed by atoms with E-state index in [0.29, 0.717) is 17.4 Å². The summed E-state index contributed by atoms with van der Waals surface area (Å²) in [6, 6.07) is 16.1. The molecule has 1 saturated carbocycles. The second kappa shape index (κ2) is 11.3. The second-order valence-electron chi connectivity index (χ2n) is 9.91. The highest BCUT2D eigenvalue weighted by molar-refractivity contribution is 5.89. The van der Waals surface area contributed by atoms with Crippen LogP contribution in [0.15, 0.2) is 60.8 Å². The zero-order valence-corrected chi connectivity index (χ0v) is 23.0. The van der Waals surface area contributed by atoms with Crippen LogP contribution in [0.3, 0.4) is 0 Å². The smallest absolute Gasteiger partial charge is 0.416 e. The van der Waals surface area contributed by atoms with Crippen LogP contribution in [0.5, 0.6) is 11.5 Å². The minimum atomic E-state index is -4.44. The SMILES string of the molecule is CC.COc1ccc2cc(C3=CN(c4cc(C(F)(F)F)ccc4OC(C)C)N(C)C3C3CCC3)ccc2c1. The first-order chi connectivity index (χ1) is 18.2. The van der Waals surface area contributed by atoms with Gasteiger partial charge in [0, 0.05) is 13.2 Å². The Morgan fingerprint density at radius 2 is 1.61 bits per heavy atom. The molecular formula is C31H37F3N2O2. The van der Waals surface area contributed by atoms with E-state index >= 15 is 0 Å². The van der Waals surface area contributed by atoms with Gasteiger partial charge in [0.1, 0.15) is 11.5 Å². The Balaban J connectivity index is 0.00000164. The molecule has 0 aromatic heterocycles. The number of halogens is 3. The lowest BCUT2D eigenvalue weighted by Gasteiger charge is -2.40. The third kappa shape index (κ3) is 5.48. The third-order valence-electron chi connectivity index (χ3n) is 7.20. The predicted octanol–water partition coefficient (Wildman–Crippen LogP) is 8.56. The van der Waals surface area contributed by atoms with Crippen LogP contribution >= 0.6 is 0 Å². The van der Waals surface area contributed by atoms with Gasteiger partial charge in [-0.05, 0) is 90.9 Å². The van der Waals surface area contributed by atoms with E-state index in [1.165, 1.54) is 18.6 Å². The summed E-state index contributed by atoms with van der Waals surface area (Å²) in [5.41, 5.74) is 1.87. The number of fused-ring (bicyclic) bond motifs is 1. The first kappa shape index (κ1) is 27.8. The molecule has 1 aliphatic heterocycles. The topological polar surface area (TPSA) is 24.9 Å². The summed E-state index contributed by atoms with van der Waals surface area (Å²) in [7, 11) is 3.61. The van der Waals surface area contributed by atoms with E-state index in [1.54, 1.807) is 7.11 Å². The highest BCUT2D eigenvalue weighted by Crippen LogP contribution is 2.46. The molecule has 38 heavy (non-hydrogen) atoms. The van der Waals surface area contributed by atoms with E-state index < -0.39 is 11.7 Å². The van der Waals surface area contributed by atoms with Crippen molar-refractivity contribution in [2.75, 3.05) is 19.2 Å². The van der Waals surface area contributed by atoms with Crippen molar-refractivity contribution in [2.45, 2.75) is 65.3 Å². The molecule has 0 radical (unpaired) electrons. The van der Waals surface area contributed by atoms with Crippen molar-refractivity contribution in [1.82, 2.24) is 5.01 Å². The molecule has 0 saturated heterocycles. The average molecular weight is 527 g/mol. The molecule has 0 bridgehead atoms. The number of likely N-dealkylation sites (N-methyl/N-ethyl adjacent to an activating group) is 1. The zero-order valence-electron chi connectivity index (χ0n) is 23.0. The maximum Gasteiger partial charge on any atom is 0.416 e. The van der Waals surface area contributed by atoms with E-state index in [0.717, 1.165) is 46.6 Å². The van der Waals surface area contributed by atoms with Crippen molar-refractivity contribution in [3.8, 4) is 11.5 Å². The van der Waals surface area contributed by atoms with E-state index in [4.69, 9.17) is 9.47 Å². The van der Waals surface area contributed by atoms with Crippen LogP contribution < -0.4 is 14.5 Å². The van der Waals surface area contributed by atoms with Crippen molar-refractivity contribution < 1.29 is 22.6 Å². The summed E-state index contributed by atoms with van der Waals surface area (Å²) in [5.74, 6) is 1.68. The number of hydrazine groups is 1.